The topological polar surface area (TPSA) is 72.7 Å². The van der Waals surface area contributed by atoms with Gasteiger partial charge >= 0.3 is 0 Å². The molecule has 0 saturated heterocycles. The standard InChI is InChI=1S/C17H11N3O/c1-11-2-4-12(5-3-11)16-7-13-6-14(9-18)15(10-19)8-17(13)20(16)21/h2-8,21H,1H3. The van der Waals surface area contributed by atoms with Crippen LogP contribution < -0.4 is 0 Å². The first-order valence-corrected chi connectivity index (χ1v) is 6.40. The maximum Gasteiger partial charge on any atom is 0.101 e. The summed E-state index contributed by atoms with van der Waals surface area (Å²) in [4.78, 5) is 0. The van der Waals surface area contributed by atoms with Gasteiger partial charge in [-0.25, -0.2) is 0 Å². The van der Waals surface area contributed by atoms with Crippen molar-refractivity contribution in [2.75, 3.05) is 0 Å². The number of hydrogen-bond acceptors (Lipinski definition) is 3. The minimum absolute atomic E-state index is 0.258. The molecule has 3 aromatic rings. The van der Waals surface area contributed by atoms with Gasteiger partial charge in [-0.05, 0) is 25.1 Å². The van der Waals surface area contributed by atoms with Crippen LogP contribution in [0.2, 0.25) is 0 Å². The molecule has 0 atom stereocenters. The summed E-state index contributed by atoms with van der Waals surface area (Å²) in [6, 6.07) is 16.7. The lowest BCUT2D eigenvalue weighted by Gasteiger charge is -2.03. The highest BCUT2D eigenvalue weighted by Gasteiger charge is 2.13. The van der Waals surface area contributed by atoms with E-state index in [2.05, 4.69) is 0 Å². The average Bonchev–Trinajstić information content (AvgIpc) is 2.83. The van der Waals surface area contributed by atoms with Crippen molar-refractivity contribution < 1.29 is 5.21 Å². The van der Waals surface area contributed by atoms with Gasteiger partial charge in [0.15, 0.2) is 0 Å². The molecule has 4 nitrogen and oxygen atoms in total. The SMILES string of the molecule is Cc1ccc(-c2cc3cc(C#N)c(C#N)cc3n2O)cc1. The number of aryl methyl sites for hydroxylation is 1. The van der Waals surface area contributed by atoms with Crippen LogP contribution >= 0.6 is 0 Å². The Kier molecular flexibility index (Phi) is 2.86. The number of aromatic nitrogens is 1. The Hall–Kier alpha value is -3.24. The Morgan fingerprint density at radius 3 is 2.19 bits per heavy atom. The lowest BCUT2D eigenvalue weighted by atomic mass is 10.1. The molecule has 0 aliphatic carbocycles. The maximum absolute atomic E-state index is 10.3. The first kappa shape index (κ1) is 12.8. The Labute approximate surface area is 121 Å². The fourth-order valence-electron chi connectivity index (χ4n) is 2.36. The van der Waals surface area contributed by atoms with Crippen LogP contribution in [0.4, 0.5) is 0 Å². The minimum Gasteiger partial charge on any atom is -0.428 e. The van der Waals surface area contributed by atoms with Gasteiger partial charge in [0.1, 0.15) is 12.1 Å². The average molecular weight is 273 g/mol. The predicted molar refractivity (Wildman–Crippen MR) is 78.7 cm³/mol. The van der Waals surface area contributed by atoms with E-state index < -0.39 is 0 Å². The molecule has 2 aromatic carbocycles. The summed E-state index contributed by atoms with van der Waals surface area (Å²) >= 11 is 0. The molecule has 1 N–H and O–H groups in total. The summed E-state index contributed by atoms with van der Waals surface area (Å²) in [6.07, 6.45) is 0. The Morgan fingerprint density at radius 1 is 0.952 bits per heavy atom. The first-order valence-electron chi connectivity index (χ1n) is 6.40. The molecular formula is C17H11N3O. The molecular weight excluding hydrogens is 262 g/mol. The summed E-state index contributed by atoms with van der Waals surface area (Å²) in [7, 11) is 0. The van der Waals surface area contributed by atoms with E-state index in [1.807, 2.05) is 49.4 Å². The number of rotatable bonds is 1. The second-order valence-corrected chi connectivity index (χ2v) is 4.89. The molecule has 1 aromatic heterocycles. The fourth-order valence-corrected chi connectivity index (χ4v) is 2.36. The smallest absolute Gasteiger partial charge is 0.101 e. The molecule has 0 aliphatic rings. The van der Waals surface area contributed by atoms with E-state index in [1.165, 1.54) is 6.07 Å². The van der Waals surface area contributed by atoms with Crippen LogP contribution in [0, 0.1) is 29.6 Å². The third-order valence-corrected chi connectivity index (χ3v) is 3.50. The summed E-state index contributed by atoms with van der Waals surface area (Å²) in [5, 5.41) is 29.2. The lowest BCUT2D eigenvalue weighted by molar-refractivity contribution is 0.205. The molecule has 0 amide bonds. The number of nitriles is 2. The van der Waals surface area contributed by atoms with Crippen molar-refractivity contribution in [3.05, 3.63) is 59.2 Å². The molecule has 1 heterocycles. The Bertz CT molecular complexity index is 922. The summed E-state index contributed by atoms with van der Waals surface area (Å²) in [5.41, 5.74) is 3.72. The third kappa shape index (κ3) is 2.00. The van der Waals surface area contributed by atoms with E-state index in [-0.39, 0.29) is 5.56 Å². The van der Waals surface area contributed by atoms with Crippen molar-refractivity contribution in [1.82, 2.24) is 4.73 Å². The van der Waals surface area contributed by atoms with E-state index >= 15 is 0 Å². The van der Waals surface area contributed by atoms with Crippen LogP contribution in [-0.2, 0) is 0 Å². The normalized spacial score (nSPS) is 10.2. The van der Waals surface area contributed by atoms with Crippen LogP contribution in [0.25, 0.3) is 22.2 Å². The zero-order valence-corrected chi connectivity index (χ0v) is 11.3. The van der Waals surface area contributed by atoms with Crippen LogP contribution in [0.15, 0.2) is 42.5 Å². The van der Waals surface area contributed by atoms with Gasteiger partial charge in [0, 0.05) is 10.9 Å². The molecule has 0 radical (unpaired) electrons. The summed E-state index contributed by atoms with van der Waals surface area (Å²) < 4.78 is 1.06. The molecule has 21 heavy (non-hydrogen) atoms. The number of benzene rings is 2. The number of fused-ring (bicyclic) bond motifs is 1. The van der Waals surface area contributed by atoms with E-state index in [4.69, 9.17) is 10.5 Å². The van der Waals surface area contributed by atoms with Gasteiger partial charge in [0.2, 0.25) is 0 Å². The van der Waals surface area contributed by atoms with Crippen LogP contribution in [-0.4, -0.2) is 9.94 Å². The van der Waals surface area contributed by atoms with Gasteiger partial charge in [-0.1, -0.05) is 29.8 Å². The summed E-state index contributed by atoms with van der Waals surface area (Å²) in [5.74, 6) is 0. The van der Waals surface area contributed by atoms with Crippen molar-refractivity contribution in [3.63, 3.8) is 0 Å². The van der Waals surface area contributed by atoms with Gasteiger partial charge in [0.25, 0.3) is 0 Å². The van der Waals surface area contributed by atoms with E-state index in [0.29, 0.717) is 16.8 Å². The lowest BCUT2D eigenvalue weighted by Crippen LogP contribution is -1.94. The molecule has 0 bridgehead atoms. The van der Waals surface area contributed by atoms with Crippen LogP contribution in [0.3, 0.4) is 0 Å². The van der Waals surface area contributed by atoms with E-state index in [9.17, 15) is 5.21 Å². The van der Waals surface area contributed by atoms with Crippen molar-refractivity contribution >= 4 is 10.9 Å². The van der Waals surface area contributed by atoms with Crippen molar-refractivity contribution in [3.8, 4) is 23.4 Å². The fraction of sp³-hybridized carbons (Fsp3) is 0.0588. The van der Waals surface area contributed by atoms with E-state index in [1.54, 1.807) is 6.07 Å². The minimum atomic E-state index is 0.258. The number of hydrogen-bond donors (Lipinski definition) is 1. The quantitative estimate of drug-likeness (QED) is 0.688. The highest BCUT2D eigenvalue weighted by atomic mass is 16.5. The Morgan fingerprint density at radius 2 is 1.57 bits per heavy atom. The highest BCUT2D eigenvalue weighted by Crippen LogP contribution is 2.29. The molecule has 0 unspecified atom stereocenters. The van der Waals surface area contributed by atoms with Gasteiger partial charge < -0.3 is 5.21 Å². The first-order chi connectivity index (χ1) is 10.1. The second kappa shape index (κ2) is 4.70. The molecule has 3 rings (SSSR count). The molecule has 0 saturated carbocycles. The predicted octanol–water partition coefficient (Wildman–Crippen LogP) is 3.60. The van der Waals surface area contributed by atoms with Crippen LogP contribution in [0.5, 0.6) is 0 Å². The molecule has 0 fully saturated rings. The van der Waals surface area contributed by atoms with E-state index in [0.717, 1.165) is 21.2 Å². The largest absolute Gasteiger partial charge is 0.428 e. The third-order valence-electron chi connectivity index (χ3n) is 3.50. The van der Waals surface area contributed by atoms with Gasteiger partial charge in [0.05, 0.1) is 22.3 Å². The van der Waals surface area contributed by atoms with Crippen molar-refractivity contribution in [2.45, 2.75) is 6.92 Å². The molecule has 0 aliphatic heterocycles. The molecule has 4 heteroatoms. The molecule has 0 spiro atoms. The van der Waals surface area contributed by atoms with Crippen LogP contribution in [0.1, 0.15) is 16.7 Å². The molecule has 100 valence electrons. The monoisotopic (exact) mass is 273 g/mol. The van der Waals surface area contributed by atoms with Crippen molar-refractivity contribution in [2.24, 2.45) is 0 Å². The summed E-state index contributed by atoms with van der Waals surface area (Å²) in [6.45, 7) is 2.00. The van der Waals surface area contributed by atoms with Gasteiger partial charge in [-0.15, -0.1) is 0 Å². The highest BCUT2D eigenvalue weighted by molar-refractivity contribution is 5.89. The Balaban J connectivity index is 2.27. The second-order valence-electron chi connectivity index (χ2n) is 4.89. The number of nitrogens with zero attached hydrogens (tertiary/aromatic N) is 3. The zero-order chi connectivity index (χ0) is 15.0. The van der Waals surface area contributed by atoms with Gasteiger partial charge in [-0.3, -0.25) is 0 Å². The maximum atomic E-state index is 10.3. The van der Waals surface area contributed by atoms with Crippen molar-refractivity contribution in [1.29, 1.82) is 10.5 Å². The zero-order valence-electron chi connectivity index (χ0n) is 11.3. The van der Waals surface area contributed by atoms with Gasteiger partial charge in [-0.2, -0.15) is 15.3 Å².